The van der Waals surface area contributed by atoms with Crippen molar-refractivity contribution in [3.8, 4) is 34.1 Å². The van der Waals surface area contributed by atoms with Crippen LogP contribution in [0, 0.1) is 20.8 Å². The molecule has 3 aromatic heterocycles. The van der Waals surface area contributed by atoms with Crippen LogP contribution in [-0.2, 0) is 6.42 Å². The molecule has 0 unspecified atom stereocenters. The van der Waals surface area contributed by atoms with Gasteiger partial charge in [-0.25, -0.2) is 9.67 Å². The average molecular weight is 619 g/mol. The maximum atomic E-state index is 6.73. The molecule has 0 aliphatic heterocycles. The Morgan fingerprint density at radius 1 is 0.766 bits per heavy atom. The van der Waals surface area contributed by atoms with Crippen molar-refractivity contribution in [3.63, 3.8) is 0 Å². The van der Waals surface area contributed by atoms with Crippen LogP contribution < -0.4 is 4.74 Å². The summed E-state index contributed by atoms with van der Waals surface area (Å²) in [6, 6.07) is 34.5. The fourth-order valence-corrected chi connectivity index (χ4v) is 6.73. The van der Waals surface area contributed by atoms with E-state index < -0.39 is 0 Å². The summed E-state index contributed by atoms with van der Waals surface area (Å²) in [5.41, 5.74) is 11.5. The zero-order valence-corrected chi connectivity index (χ0v) is 28.2. The highest BCUT2D eigenvalue weighted by Crippen LogP contribution is 2.37. The molecule has 0 bridgehead atoms. The number of benzene rings is 4. The van der Waals surface area contributed by atoms with Crippen molar-refractivity contribution in [3.05, 3.63) is 131 Å². The molecule has 0 aliphatic carbocycles. The molecule has 0 spiro atoms. The zero-order valence-electron chi connectivity index (χ0n) is 28.2. The van der Waals surface area contributed by atoms with Crippen molar-refractivity contribution in [2.75, 3.05) is 0 Å². The molecular weight excluding hydrogens is 576 g/mol. The number of hydrogen-bond acceptors (Lipinski definition) is 3. The highest BCUT2D eigenvalue weighted by Gasteiger charge is 2.18. The van der Waals surface area contributed by atoms with Gasteiger partial charge in [0.15, 0.2) is 0 Å². The predicted molar refractivity (Wildman–Crippen MR) is 195 cm³/mol. The van der Waals surface area contributed by atoms with Crippen molar-refractivity contribution < 1.29 is 4.74 Å². The molecule has 0 atom stereocenters. The highest BCUT2D eigenvalue weighted by molar-refractivity contribution is 6.09. The number of fused-ring (bicyclic) bond motifs is 3. The monoisotopic (exact) mass is 618 g/mol. The van der Waals surface area contributed by atoms with Crippen LogP contribution in [0.1, 0.15) is 67.6 Å². The first-order chi connectivity index (χ1) is 22.8. The van der Waals surface area contributed by atoms with Gasteiger partial charge in [0.2, 0.25) is 0 Å². The normalized spacial score (nSPS) is 11.6. The molecular formula is C42H42N4O. The molecule has 236 valence electrons. The summed E-state index contributed by atoms with van der Waals surface area (Å²) < 4.78 is 11.1. The Labute approximate surface area is 277 Å². The number of aryl methyl sites for hydroxylation is 3. The lowest BCUT2D eigenvalue weighted by Gasteiger charge is -2.13. The number of nitrogens with zero attached hydrogens (tertiary/aromatic N) is 4. The molecule has 0 amide bonds. The van der Waals surface area contributed by atoms with Crippen molar-refractivity contribution >= 4 is 21.8 Å². The molecule has 3 heterocycles. The van der Waals surface area contributed by atoms with Crippen LogP contribution in [0.5, 0.6) is 11.5 Å². The summed E-state index contributed by atoms with van der Waals surface area (Å²) in [6.07, 6.45) is 5.11. The lowest BCUT2D eigenvalue weighted by atomic mass is 10.0. The van der Waals surface area contributed by atoms with Crippen LogP contribution in [0.25, 0.3) is 44.4 Å². The van der Waals surface area contributed by atoms with E-state index in [9.17, 15) is 0 Å². The van der Waals surface area contributed by atoms with Crippen molar-refractivity contribution in [2.24, 2.45) is 0 Å². The van der Waals surface area contributed by atoms with E-state index in [0.717, 1.165) is 64.7 Å². The van der Waals surface area contributed by atoms with E-state index >= 15 is 0 Å². The van der Waals surface area contributed by atoms with E-state index in [1.54, 1.807) is 0 Å². The SMILES string of the molecule is CCCCc1cc(Oc2ccc3c4cc(C(C)C)ccc4n(-c4cc(C)ccn4)c3c2)cc(-n2nc(C)c(-c3ccccc3)c2C)c1. The minimum atomic E-state index is 0.442. The third-order valence-corrected chi connectivity index (χ3v) is 9.16. The van der Waals surface area contributed by atoms with Gasteiger partial charge in [-0.1, -0.05) is 63.6 Å². The second-order valence-electron chi connectivity index (χ2n) is 13.0. The second-order valence-corrected chi connectivity index (χ2v) is 13.0. The molecule has 7 aromatic rings. The summed E-state index contributed by atoms with van der Waals surface area (Å²) in [6.45, 7) is 13.1. The molecule has 4 aromatic carbocycles. The first-order valence-electron chi connectivity index (χ1n) is 16.8. The van der Waals surface area contributed by atoms with E-state index in [2.05, 4.69) is 142 Å². The van der Waals surface area contributed by atoms with Gasteiger partial charge in [-0.05, 0) is 110 Å². The predicted octanol–water partition coefficient (Wildman–Crippen LogP) is 11.2. The van der Waals surface area contributed by atoms with Gasteiger partial charge in [0.25, 0.3) is 0 Å². The molecule has 0 aliphatic rings. The van der Waals surface area contributed by atoms with E-state index in [1.807, 2.05) is 12.3 Å². The lowest BCUT2D eigenvalue weighted by molar-refractivity contribution is 0.482. The molecule has 0 N–H and O–H groups in total. The van der Waals surface area contributed by atoms with Gasteiger partial charge >= 0.3 is 0 Å². The molecule has 5 heteroatoms. The molecule has 0 fully saturated rings. The molecule has 0 saturated heterocycles. The van der Waals surface area contributed by atoms with Crippen LogP contribution in [0.4, 0.5) is 0 Å². The maximum Gasteiger partial charge on any atom is 0.137 e. The number of hydrogen-bond donors (Lipinski definition) is 0. The number of unbranched alkanes of at least 4 members (excludes halogenated alkanes) is 1. The number of aromatic nitrogens is 4. The largest absolute Gasteiger partial charge is 0.457 e. The summed E-state index contributed by atoms with van der Waals surface area (Å²) in [5, 5.41) is 7.43. The Morgan fingerprint density at radius 2 is 1.60 bits per heavy atom. The van der Waals surface area contributed by atoms with Gasteiger partial charge in [-0.15, -0.1) is 0 Å². The Balaban J connectivity index is 1.34. The topological polar surface area (TPSA) is 44.9 Å². The van der Waals surface area contributed by atoms with Gasteiger partial charge in [-0.3, -0.25) is 4.57 Å². The Bertz CT molecular complexity index is 2220. The number of rotatable bonds is 9. The van der Waals surface area contributed by atoms with E-state index in [4.69, 9.17) is 14.8 Å². The minimum absolute atomic E-state index is 0.442. The maximum absolute atomic E-state index is 6.73. The molecule has 0 saturated carbocycles. The van der Waals surface area contributed by atoms with Crippen LogP contribution in [0.15, 0.2) is 103 Å². The molecule has 7 rings (SSSR count). The van der Waals surface area contributed by atoms with Gasteiger partial charge < -0.3 is 4.74 Å². The van der Waals surface area contributed by atoms with Gasteiger partial charge in [0.05, 0.1) is 22.4 Å². The van der Waals surface area contributed by atoms with Crippen LogP contribution >= 0.6 is 0 Å². The standard InChI is InChI=1S/C42H42N4O/c1-7-8-12-31-22-34(46-30(6)42(29(5)44-46)32-13-10-9-11-14-32)25-36(23-31)47-35-16-17-37-38-24-33(27(2)3)15-18-39(38)45(40(37)26-35)41-21-28(4)19-20-43-41/h9-11,13-27H,7-8,12H2,1-6H3. The fraction of sp³-hybridized carbons (Fsp3) is 0.238. The van der Waals surface area contributed by atoms with Gasteiger partial charge in [-0.2, -0.15) is 5.10 Å². The second kappa shape index (κ2) is 12.6. The minimum Gasteiger partial charge on any atom is -0.457 e. The summed E-state index contributed by atoms with van der Waals surface area (Å²) in [7, 11) is 0. The molecule has 5 nitrogen and oxygen atoms in total. The number of ether oxygens (including phenoxy) is 1. The lowest BCUT2D eigenvalue weighted by Crippen LogP contribution is -2.02. The third kappa shape index (κ3) is 5.83. The van der Waals surface area contributed by atoms with E-state index in [0.29, 0.717) is 5.92 Å². The smallest absolute Gasteiger partial charge is 0.137 e. The van der Waals surface area contributed by atoms with Gasteiger partial charge in [0, 0.05) is 40.4 Å². The zero-order chi connectivity index (χ0) is 32.7. The van der Waals surface area contributed by atoms with Crippen LogP contribution in [-0.4, -0.2) is 19.3 Å². The summed E-state index contributed by atoms with van der Waals surface area (Å²) >= 11 is 0. The summed E-state index contributed by atoms with van der Waals surface area (Å²) in [4.78, 5) is 4.79. The van der Waals surface area contributed by atoms with E-state index in [-0.39, 0.29) is 0 Å². The fourth-order valence-electron chi connectivity index (χ4n) is 6.73. The first kappa shape index (κ1) is 30.5. The van der Waals surface area contributed by atoms with Crippen molar-refractivity contribution in [1.29, 1.82) is 0 Å². The Hall–Kier alpha value is -5.16. The van der Waals surface area contributed by atoms with Crippen molar-refractivity contribution in [1.82, 2.24) is 19.3 Å². The van der Waals surface area contributed by atoms with Crippen LogP contribution in [0.3, 0.4) is 0 Å². The third-order valence-electron chi connectivity index (χ3n) is 9.16. The Kier molecular flexibility index (Phi) is 8.15. The Morgan fingerprint density at radius 3 is 2.36 bits per heavy atom. The van der Waals surface area contributed by atoms with E-state index in [1.165, 1.54) is 38.6 Å². The average Bonchev–Trinajstić information content (AvgIpc) is 3.56. The highest BCUT2D eigenvalue weighted by atomic mass is 16.5. The summed E-state index contributed by atoms with van der Waals surface area (Å²) in [5.74, 6) is 2.94. The van der Waals surface area contributed by atoms with Crippen LogP contribution in [0.2, 0.25) is 0 Å². The number of pyridine rings is 1. The van der Waals surface area contributed by atoms with Crippen molar-refractivity contribution in [2.45, 2.75) is 66.7 Å². The quantitative estimate of drug-likeness (QED) is 0.162. The van der Waals surface area contributed by atoms with Gasteiger partial charge in [0.1, 0.15) is 17.3 Å². The molecule has 0 radical (unpaired) electrons. The first-order valence-corrected chi connectivity index (χ1v) is 16.8. The molecule has 47 heavy (non-hydrogen) atoms.